The van der Waals surface area contributed by atoms with Crippen LogP contribution in [0.25, 0.3) is 0 Å². The van der Waals surface area contributed by atoms with Gasteiger partial charge >= 0.3 is 0 Å². The SMILES string of the molecule is CN1CC2C(CCC(=O)C3c4ccccc4Oc4ccccc43)C2C1.O=C(CCC1C2CNCC12)C1c2ccccc2Oc2ccccc21. The monoisotopic (exact) mass is 652 g/mol. The summed E-state index contributed by atoms with van der Waals surface area (Å²) in [5.41, 5.74) is 4.06. The van der Waals surface area contributed by atoms with Gasteiger partial charge in [-0.25, -0.2) is 0 Å². The number of fused-ring (bicyclic) bond motifs is 6. The van der Waals surface area contributed by atoms with Crippen molar-refractivity contribution >= 4 is 11.6 Å². The van der Waals surface area contributed by atoms with Crippen molar-refractivity contribution in [3.63, 3.8) is 0 Å². The summed E-state index contributed by atoms with van der Waals surface area (Å²) in [5.74, 6) is 8.46. The number of nitrogens with one attached hydrogen (secondary N) is 1. The van der Waals surface area contributed by atoms with E-state index in [-0.39, 0.29) is 11.8 Å². The topological polar surface area (TPSA) is 67.9 Å². The molecule has 0 spiro atoms. The number of piperidine rings is 2. The fourth-order valence-corrected chi connectivity index (χ4v) is 9.68. The Morgan fingerprint density at radius 2 is 0.918 bits per heavy atom. The second-order valence-electron chi connectivity index (χ2n) is 15.1. The fourth-order valence-electron chi connectivity index (χ4n) is 9.68. The summed E-state index contributed by atoms with van der Waals surface area (Å²) in [6, 6.07) is 31.8. The zero-order valence-electron chi connectivity index (χ0n) is 28.1. The van der Waals surface area contributed by atoms with Gasteiger partial charge < -0.3 is 19.7 Å². The third-order valence-electron chi connectivity index (χ3n) is 12.3. The minimum absolute atomic E-state index is 0.178. The van der Waals surface area contributed by atoms with Gasteiger partial charge in [0.25, 0.3) is 0 Å². The van der Waals surface area contributed by atoms with Crippen molar-refractivity contribution in [3.8, 4) is 23.0 Å². The molecule has 2 saturated heterocycles. The van der Waals surface area contributed by atoms with Crippen molar-refractivity contribution in [1.82, 2.24) is 10.2 Å². The van der Waals surface area contributed by atoms with E-state index in [1.54, 1.807) is 0 Å². The van der Waals surface area contributed by atoms with Crippen LogP contribution in [0.3, 0.4) is 0 Å². The standard InChI is InChI=1S/C22H23NO2.C21H21NO2/c1-23-12-17-14(18(17)13-23)10-11-19(24)22-15-6-2-4-8-20(15)25-21-9-5-3-7-16(21)22;23-18(10-9-13-16-11-22-12-17(13)16)21-14-5-1-3-7-19(14)24-20-8-4-2-6-15(20)21/h2-9,14,17-18,22H,10-13H2,1H3;1-8,13,16-17,21-22H,9-12H2. The summed E-state index contributed by atoms with van der Waals surface area (Å²) >= 11 is 0. The molecule has 0 aromatic heterocycles. The summed E-state index contributed by atoms with van der Waals surface area (Å²) < 4.78 is 12.0. The highest BCUT2D eigenvalue weighted by atomic mass is 16.5. The number of ether oxygens (including phenoxy) is 2. The molecule has 6 nitrogen and oxygen atoms in total. The fraction of sp³-hybridized carbons (Fsp3) is 0.395. The number of rotatable bonds is 8. The predicted octanol–water partition coefficient (Wildman–Crippen LogP) is 7.82. The van der Waals surface area contributed by atoms with E-state index in [1.807, 2.05) is 97.1 Å². The number of benzene rings is 4. The van der Waals surface area contributed by atoms with E-state index in [9.17, 15) is 9.59 Å². The van der Waals surface area contributed by atoms with Gasteiger partial charge in [-0.3, -0.25) is 9.59 Å². The summed E-state index contributed by atoms with van der Waals surface area (Å²) in [7, 11) is 2.20. The Morgan fingerprint density at radius 1 is 0.571 bits per heavy atom. The highest BCUT2D eigenvalue weighted by Gasteiger charge is 2.54. The molecule has 6 heteroatoms. The van der Waals surface area contributed by atoms with Crippen molar-refractivity contribution in [1.29, 1.82) is 0 Å². The smallest absolute Gasteiger partial charge is 0.145 e. The van der Waals surface area contributed by atoms with Crippen molar-refractivity contribution in [2.45, 2.75) is 37.5 Å². The second-order valence-corrected chi connectivity index (χ2v) is 15.1. The summed E-state index contributed by atoms with van der Waals surface area (Å²) in [6.45, 7) is 4.72. The van der Waals surface area contributed by atoms with E-state index < -0.39 is 0 Å². The lowest BCUT2D eigenvalue weighted by Crippen LogP contribution is -2.21. The lowest BCUT2D eigenvalue weighted by atomic mass is 9.83. The highest BCUT2D eigenvalue weighted by molar-refractivity contribution is 5.92. The first-order chi connectivity index (χ1) is 24.0. The van der Waals surface area contributed by atoms with Crippen LogP contribution in [0, 0.1) is 35.5 Å². The lowest BCUT2D eigenvalue weighted by molar-refractivity contribution is -0.120. The van der Waals surface area contributed by atoms with E-state index in [0.717, 1.165) is 107 Å². The van der Waals surface area contributed by atoms with Gasteiger partial charge in [0.05, 0.1) is 11.8 Å². The van der Waals surface area contributed by atoms with Crippen molar-refractivity contribution in [2.75, 3.05) is 33.2 Å². The molecule has 4 fully saturated rings. The van der Waals surface area contributed by atoms with Crippen LogP contribution in [0.1, 0.15) is 59.8 Å². The van der Waals surface area contributed by atoms with Crippen LogP contribution in [0.4, 0.5) is 0 Å². The number of carbonyl (C=O) groups is 2. The first-order valence-electron chi connectivity index (χ1n) is 18.2. The first kappa shape index (κ1) is 30.8. The molecule has 0 bridgehead atoms. The summed E-state index contributed by atoms with van der Waals surface area (Å²) in [5, 5.41) is 3.43. The Morgan fingerprint density at radius 3 is 1.31 bits per heavy atom. The number of ketones is 2. The van der Waals surface area contributed by atoms with Crippen LogP contribution >= 0.6 is 0 Å². The highest BCUT2D eigenvalue weighted by Crippen LogP contribution is 2.55. The van der Waals surface area contributed by atoms with Gasteiger partial charge in [0.2, 0.25) is 0 Å². The molecule has 250 valence electrons. The lowest BCUT2D eigenvalue weighted by Gasteiger charge is -2.27. The van der Waals surface area contributed by atoms with Crippen LogP contribution in [0.15, 0.2) is 97.1 Å². The second kappa shape index (κ2) is 12.6. The summed E-state index contributed by atoms with van der Waals surface area (Å²) in [4.78, 5) is 28.7. The van der Waals surface area contributed by atoms with E-state index in [4.69, 9.17) is 9.47 Å². The van der Waals surface area contributed by atoms with Crippen LogP contribution in [-0.2, 0) is 9.59 Å². The maximum absolute atomic E-state index is 13.2. The Kier molecular flexibility index (Phi) is 7.89. The third kappa shape index (κ3) is 5.69. The van der Waals surface area contributed by atoms with Crippen LogP contribution < -0.4 is 14.8 Å². The number of hydrogen-bond acceptors (Lipinski definition) is 6. The van der Waals surface area contributed by atoms with E-state index in [2.05, 4.69) is 17.3 Å². The van der Waals surface area contributed by atoms with Crippen LogP contribution in [-0.4, -0.2) is 49.7 Å². The minimum Gasteiger partial charge on any atom is -0.457 e. The molecule has 4 atom stereocenters. The molecule has 6 aliphatic rings. The number of hydrogen-bond donors (Lipinski definition) is 1. The van der Waals surface area contributed by atoms with Gasteiger partial charge in [0.1, 0.15) is 34.6 Å². The molecule has 2 saturated carbocycles. The average molecular weight is 653 g/mol. The number of likely N-dealkylation sites (tertiary alicyclic amines) is 1. The maximum Gasteiger partial charge on any atom is 0.145 e. The Labute approximate surface area is 288 Å². The summed E-state index contributed by atoms with van der Waals surface area (Å²) in [6.07, 6.45) is 3.43. The third-order valence-corrected chi connectivity index (χ3v) is 12.3. The largest absolute Gasteiger partial charge is 0.457 e. The van der Waals surface area contributed by atoms with Gasteiger partial charge in [-0.2, -0.15) is 0 Å². The molecule has 4 aromatic rings. The predicted molar refractivity (Wildman–Crippen MR) is 189 cm³/mol. The Hall–Kier alpha value is -4.26. The maximum atomic E-state index is 13.2. The molecule has 4 aliphatic heterocycles. The number of para-hydroxylation sites is 4. The first-order valence-corrected chi connectivity index (χ1v) is 18.2. The molecule has 2 aliphatic carbocycles. The van der Waals surface area contributed by atoms with E-state index >= 15 is 0 Å². The quantitative estimate of drug-likeness (QED) is 0.209. The molecular weight excluding hydrogens is 608 g/mol. The molecule has 4 heterocycles. The van der Waals surface area contributed by atoms with Crippen LogP contribution in [0.5, 0.6) is 23.0 Å². The van der Waals surface area contributed by atoms with Crippen molar-refractivity contribution in [2.24, 2.45) is 35.5 Å². The van der Waals surface area contributed by atoms with Crippen molar-refractivity contribution in [3.05, 3.63) is 119 Å². The molecular formula is C43H44N2O4. The molecule has 4 unspecified atom stereocenters. The zero-order valence-corrected chi connectivity index (χ0v) is 28.1. The van der Waals surface area contributed by atoms with Gasteiger partial charge in [-0.1, -0.05) is 72.8 Å². The van der Waals surface area contributed by atoms with Crippen LogP contribution in [0.2, 0.25) is 0 Å². The van der Waals surface area contributed by atoms with Gasteiger partial charge in [0.15, 0.2) is 0 Å². The Balaban J connectivity index is 0.000000133. The number of nitrogens with zero attached hydrogens (tertiary/aromatic N) is 1. The normalized spacial score (nSPS) is 27.0. The molecule has 1 N–H and O–H groups in total. The number of Topliss-reactive ketones (excluding diaryl/α,β-unsaturated/α-hetero) is 2. The van der Waals surface area contributed by atoms with Gasteiger partial charge in [-0.05, 0) is 92.8 Å². The Bertz CT molecular complexity index is 1790. The van der Waals surface area contributed by atoms with Gasteiger partial charge in [-0.15, -0.1) is 0 Å². The zero-order chi connectivity index (χ0) is 33.1. The molecule has 4 aromatic carbocycles. The van der Waals surface area contributed by atoms with E-state index in [1.165, 1.54) is 13.1 Å². The number of carbonyl (C=O) groups excluding carboxylic acids is 2. The van der Waals surface area contributed by atoms with Crippen molar-refractivity contribution < 1.29 is 19.1 Å². The minimum atomic E-state index is -0.178. The average Bonchev–Trinajstić information content (AvgIpc) is 3.79. The van der Waals surface area contributed by atoms with Gasteiger partial charge in [0, 0.05) is 48.2 Å². The molecule has 10 rings (SSSR count). The van der Waals surface area contributed by atoms with E-state index in [0.29, 0.717) is 24.4 Å². The molecule has 49 heavy (non-hydrogen) atoms. The molecule has 0 amide bonds. The molecule has 0 radical (unpaired) electrons.